The SMILES string of the molecule is COC(C)(C)C.NNC1CCCN(C=O)C1. The fraction of sp³-hybridized carbons (Fsp3) is 0.909. The summed E-state index contributed by atoms with van der Waals surface area (Å²) in [6.45, 7) is 7.69. The van der Waals surface area contributed by atoms with Gasteiger partial charge in [0, 0.05) is 26.2 Å². The average molecular weight is 231 g/mol. The summed E-state index contributed by atoms with van der Waals surface area (Å²) in [5, 5.41) is 0. The van der Waals surface area contributed by atoms with Crippen molar-refractivity contribution in [2.45, 2.75) is 45.3 Å². The molecule has 16 heavy (non-hydrogen) atoms. The van der Waals surface area contributed by atoms with Gasteiger partial charge >= 0.3 is 0 Å². The van der Waals surface area contributed by atoms with Crippen LogP contribution in [-0.4, -0.2) is 43.2 Å². The number of nitrogens with zero attached hydrogens (tertiary/aromatic N) is 1. The molecule has 1 unspecified atom stereocenters. The van der Waals surface area contributed by atoms with Crippen LogP contribution in [0.3, 0.4) is 0 Å². The van der Waals surface area contributed by atoms with Gasteiger partial charge in [-0.1, -0.05) is 0 Å². The number of likely N-dealkylation sites (tertiary alicyclic amines) is 1. The van der Waals surface area contributed by atoms with Gasteiger partial charge in [-0.2, -0.15) is 0 Å². The highest BCUT2D eigenvalue weighted by atomic mass is 16.5. The van der Waals surface area contributed by atoms with Crippen molar-refractivity contribution in [1.82, 2.24) is 10.3 Å². The lowest BCUT2D eigenvalue weighted by molar-refractivity contribution is -0.119. The zero-order chi connectivity index (χ0) is 12.6. The van der Waals surface area contributed by atoms with Crippen LogP contribution in [0.5, 0.6) is 0 Å². The zero-order valence-electron chi connectivity index (χ0n) is 10.8. The van der Waals surface area contributed by atoms with E-state index in [0.717, 1.165) is 32.3 Å². The van der Waals surface area contributed by atoms with Gasteiger partial charge in [0.05, 0.1) is 5.60 Å². The minimum Gasteiger partial charge on any atom is -0.379 e. The van der Waals surface area contributed by atoms with Gasteiger partial charge in [0.2, 0.25) is 6.41 Å². The number of nitrogens with two attached hydrogens (primary N) is 1. The van der Waals surface area contributed by atoms with Crippen LogP contribution in [0, 0.1) is 0 Å². The van der Waals surface area contributed by atoms with Gasteiger partial charge in [-0.3, -0.25) is 16.1 Å². The van der Waals surface area contributed by atoms with Crippen molar-refractivity contribution >= 4 is 6.41 Å². The monoisotopic (exact) mass is 231 g/mol. The van der Waals surface area contributed by atoms with E-state index in [0.29, 0.717) is 6.04 Å². The second-order valence-electron chi connectivity index (χ2n) is 4.92. The van der Waals surface area contributed by atoms with Crippen molar-refractivity contribution in [1.29, 1.82) is 0 Å². The third kappa shape index (κ3) is 7.62. The molecule has 0 aromatic rings. The smallest absolute Gasteiger partial charge is 0.209 e. The summed E-state index contributed by atoms with van der Waals surface area (Å²) in [6, 6.07) is 0.291. The number of hydrazine groups is 1. The molecule has 1 fully saturated rings. The molecular formula is C11H25N3O2. The van der Waals surface area contributed by atoms with Crippen molar-refractivity contribution in [3.8, 4) is 0 Å². The first kappa shape index (κ1) is 15.3. The van der Waals surface area contributed by atoms with E-state index < -0.39 is 0 Å². The summed E-state index contributed by atoms with van der Waals surface area (Å²) in [5.74, 6) is 5.23. The second-order valence-corrected chi connectivity index (χ2v) is 4.92. The number of hydrogen-bond donors (Lipinski definition) is 2. The Hall–Kier alpha value is -0.650. The Labute approximate surface area is 98.3 Å². The Morgan fingerprint density at radius 2 is 2.06 bits per heavy atom. The molecule has 1 aliphatic heterocycles. The van der Waals surface area contributed by atoms with Gasteiger partial charge in [-0.05, 0) is 33.6 Å². The van der Waals surface area contributed by atoms with Gasteiger partial charge < -0.3 is 9.64 Å². The Bertz CT molecular complexity index is 192. The predicted molar refractivity (Wildman–Crippen MR) is 64.7 cm³/mol. The van der Waals surface area contributed by atoms with Crippen LogP contribution in [0.25, 0.3) is 0 Å². The molecule has 5 nitrogen and oxygen atoms in total. The number of nitrogens with one attached hydrogen (secondary N) is 1. The lowest BCUT2D eigenvalue weighted by Crippen LogP contribution is -2.47. The number of rotatable bonds is 2. The van der Waals surface area contributed by atoms with Crippen LogP contribution < -0.4 is 11.3 Å². The standard InChI is InChI=1S/C6H13N3O.C5H12O/c7-8-6-2-1-3-9(4-6)5-10;1-5(2,3)6-4/h5-6,8H,1-4,7H2;1-4H3. The second kappa shape index (κ2) is 7.60. The molecule has 0 saturated carbocycles. The normalized spacial score (nSPS) is 21.1. The van der Waals surface area contributed by atoms with Crippen molar-refractivity contribution in [3.63, 3.8) is 0 Å². The molecule has 1 aliphatic rings. The highest BCUT2D eigenvalue weighted by molar-refractivity contribution is 5.47. The first-order valence-electron chi connectivity index (χ1n) is 5.63. The van der Waals surface area contributed by atoms with Crippen LogP contribution >= 0.6 is 0 Å². The number of methoxy groups -OCH3 is 1. The molecule has 1 saturated heterocycles. The fourth-order valence-corrected chi connectivity index (χ4v) is 1.24. The molecule has 1 atom stereocenters. The Morgan fingerprint density at radius 3 is 2.44 bits per heavy atom. The molecule has 0 aromatic carbocycles. The summed E-state index contributed by atoms with van der Waals surface area (Å²) < 4.78 is 4.94. The molecule has 0 aromatic heterocycles. The van der Waals surface area contributed by atoms with E-state index in [9.17, 15) is 4.79 Å². The molecule has 0 bridgehead atoms. The molecule has 5 heteroatoms. The minimum absolute atomic E-state index is 0.0417. The molecule has 0 spiro atoms. The Balaban J connectivity index is 0.000000325. The highest BCUT2D eigenvalue weighted by Gasteiger charge is 2.16. The van der Waals surface area contributed by atoms with E-state index in [1.165, 1.54) is 0 Å². The number of amides is 1. The molecule has 96 valence electrons. The molecule has 3 N–H and O–H groups in total. The summed E-state index contributed by atoms with van der Waals surface area (Å²) >= 11 is 0. The van der Waals surface area contributed by atoms with Gasteiger partial charge in [0.25, 0.3) is 0 Å². The fourth-order valence-electron chi connectivity index (χ4n) is 1.24. The molecule has 1 amide bonds. The first-order chi connectivity index (χ1) is 7.42. The minimum atomic E-state index is 0.0417. The number of carbonyl (C=O) groups is 1. The van der Waals surface area contributed by atoms with Crippen LogP contribution in [0.1, 0.15) is 33.6 Å². The van der Waals surface area contributed by atoms with Crippen LogP contribution in [0.15, 0.2) is 0 Å². The molecule has 0 aliphatic carbocycles. The quantitative estimate of drug-likeness (QED) is 0.412. The summed E-state index contributed by atoms with van der Waals surface area (Å²) in [6.07, 6.45) is 3.00. The van der Waals surface area contributed by atoms with Crippen LogP contribution in [0.2, 0.25) is 0 Å². The summed E-state index contributed by atoms with van der Waals surface area (Å²) in [7, 11) is 1.71. The van der Waals surface area contributed by atoms with Crippen molar-refractivity contribution in [2.24, 2.45) is 5.84 Å². The van der Waals surface area contributed by atoms with Crippen molar-refractivity contribution in [3.05, 3.63) is 0 Å². The van der Waals surface area contributed by atoms with Crippen molar-refractivity contribution in [2.75, 3.05) is 20.2 Å². The van der Waals surface area contributed by atoms with Gasteiger partial charge in [0.1, 0.15) is 0 Å². The van der Waals surface area contributed by atoms with E-state index in [-0.39, 0.29) is 5.60 Å². The van der Waals surface area contributed by atoms with E-state index in [4.69, 9.17) is 10.6 Å². The maximum absolute atomic E-state index is 10.3. The van der Waals surface area contributed by atoms with E-state index >= 15 is 0 Å². The number of hydrogen-bond acceptors (Lipinski definition) is 4. The number of carbonyl (C=O) groups excluding carboxylic acids is 1. The van der Waals surface area contributed by atoms with Gasteiger partial charge in [-0.25, -0.2) is 0 Å². The molecule has 1 rings (SSSR count). The third-order valence-electron chi connectivity index (χ3n) is 2.45. The number of ether oxygens (including phenoxy) is 1. The number of piperidine rings is 1. The predicted octanol–water partition coefficient (Wildman–Crippen LogP) is 0.502. The average Bonchev–Trinajstić information content (AvgIpc) is 2.29. The molecular weight excluding hydrogens is 206 g/mol. The van der Waals surface area contributed by atoms with E-state index in [1.807, 2.05) is 20.8 Å². The molecule has 1 heterocycles. The maximum Gasteiger partial charge on any atom is 0.209 e. The first-order valence-corrected chi connectivity index (χ1v) is 5.63. The van der Waals surface area contributed by atoms with Crippen LogP contribution in [-0.2, 0) is 9.53 Å². The van der Waals surface area contributed by atoms with Gasteiger partial charge in [-0.15, -0.1) is 0 Å². The lowest BCUT2D eigenvalue weighted by atomic mass is 10.1. The third-order valence-corrected chi connectivity index (χ3v) is 2.45. The molecule has 0 radical (unpaired) electrons. The Morgan fingerprint density at radius 1 is 1.50 bits per heavy atom. The largest absolute Gasteiger partial charge is 0.379 e. The zero-order valence-corrected chi connectivity index (χ0v) is 10.8. The topological polar surface area (TPSA) is 67.6 Å². The van der Waals surface area contributed by atoms with Crippen LogP contribution in [0.4, 0.5) is 0 Å². The Kier molecular flexibility index (Phi) is 7.29. The lowest BCUT2D eigenvalue weighted by Gasteiger charge is -2.28. The van der Waals surface area contributed by atoms with Gasteiger partial charge in [0.15, 0.2) is 0 Å². The summed E-state index contributed by atoms with van der Waals surface area (Å²) in [4.78, 5) is 12.0. The maximum atomic E-state index is 10.3. The van der Waals surface area contributed by atoms with Crippen molar-refractivity contribution < 1.29 is 9.53 Å². The highest BCUT2D eigenvalue weighted by Crippen LogP contribution is 2.06. The van der Waals surface area contributed by atoms with E-state index in [1.54, 1.807) is 12.0 Å². The van der Waals surface area contributed by atoms with E-state index in [2.05, 4.69) is 5.43 Å². The summed E-state index contributed by atoms with van der Waals surface area (Å²) in [5.41, 5.74) is 2.71.